The van der Waals surface area contributed by atoms with Gasteiger partial charge in [-0.3, -0.25) is 9.78 Å². The number of rotatable bonds is 1. The highest BCUT2D eigenvalue weighted by Gasteiger charge is 2.54. The van der Waals surface area contributed by atoms with Gasteiger partial charge in [0.1, 0.15) is 5.60 Å². The first kappa shape index (κ1) is 23.1. The minimum Gasteiger partial charge on any atom is -0.444 e. The van der Waals surface area contributed by atoms with Crippen molar-refractivity contribution < 1.29 is 27.5 Å². The van der Waals surface area contributed by atoms with Crippen LogP contribution in [0, 0.1) is 6.92 Å². The van der Waals surface area contributed by atoms with Gasteiger partial charge in [-0.15, -0.1) is 0 Å². The van der Waals surface area contributed by atoms with Crippen molar-refractivity contribution >= 4 is 17.7 Å². The van der Waals surface area contributed by atoms with E-state index in [-0.39, 0.29) is 19.6 Å². The third kappa shape index (κ3) is 5.22. The zero-order valence-electron chi connectivity index (χ0n) is 18.3. The van der Waals surface area contributed by atoms with Gasteiger partial charge in [0.15, 0.2) is 0 Å². The number of hydrogen-bond acceptors (Lipinski definition) is 5. The Balaban J connectivity index is 1.82. The normalized spacial score (nSPS) is 19.5. The third-order valence-corrected chi connectivity index (χ3v) is 5.73. The smallest absolute Gasteiger partial charge is 0.444 e. The summed E-state index contributed by atoms with van der Waals surface area (Å²) in [6.45, 7) is 7.86. The predicted octanol–water partition coefficient (Wildman–Crippen LogP) is 3.37. The van der Waals surface area contributed by atoms with Crippen molar-refractivity contribution in [3.63, 3.8) is 0 Å². The molecular weight excluding hydrogens is 413 g/mol. The molecule has 172 valence electrons. The van der Waals surface area contributed by atoms with Crippen LogP contribution < -0.4 is 4.90 Å². The number of hydrogen-bond donors (Lipinski definition) is 0. The number of piperazine rings is 1. The van der Waals surface area contributed by atoms with Crippen molar-refractivity contribution in [1.82, 2.24) is 14.8 Å². The number of aromatic nitrogens is 1. The molecule has 0 saturated carbocycles. The van der Waals surface area contributed by atoms with Crippen molar-refractivity contribution in [1.29, 1.82) is 0 Å². The molecule has 1 aromatic rings. The molecule has 7 nitrogen and oxygen atoms in total. The average molecular weight is 442 g/mol. The Labute approximate surface area is 180 Å². The number of anilines is 1. The van der Waals surface area contributed by atoms with Gasteiger partial charge in [-0.05, 0) is 52.7 Å². The van der Waals surface area contributed by atoms with E-state index in [2.05, 4.69) is 9.88 Å². The van der Waals surface area contributed by atoms with Crippen LogP contribution in [0.5, 0.6) is 0 Å². The number of aryl methyl sites for hydroxylation is 1. The van der Waals surface area contributed by atoms with Gasteiger partial charge in [0.05, 0.1) is 5.54 Å². The van der Waals surface area contributed by atoms with E-state index < -0.39 is 29.3 Å². The van der Waals surface area contributed by atoms with E-state index in [0.29, 0.717) is 25.9 Å². The minimum absolute atomic E-state index is 0.00570. The lowest BCUT2D eigenvalue weighted by Crippen LogP contribution is -2.69. The van der Waals surface area contributed by atoms with E-state index >= 15 is 0 Å². The van der Waals surface area contributed by atoms with Crippen LogP contribution in [0.25, 0.3) is 0 Å². The Morgan fingerprint density at radius 2 is 1.74 bits per heavy atom. The maximum absolute atomic E-state index is 13.3. The quantitative estimate of drug-likeness (QED) is 0.667. The molecule has 0 unspecified atom stereocenters. The molecule has 0 bridgehead atoms. The molecule has 2 aliphatic heterocycles. The standard InChI is InChI=1S/C21H29F3N4O3/c1-15-13-16(5-8-25-15)26-9-6-20(7-10-26)14-27(18(30)31-19(2,3)4)11-12-28(20)17(29)21(22,23)24/h5,8,13H,6-7,9-12,14H2,1-4H3. The van der Waals surface area contributed by atoms with Crippen LogP contribution in [0.4, 0.5) is 23.7 Å². The zero-order valence-corrected chi connectivity index (χ0v) is 18.3. The Hall–Kier alpha value is -2.52. The average Bonchev–Trinajstić information content (AvgIpc) is 2.66. The summed E-state index contributed by atoms with van der Waals surface area (Å²) in [6.07, 6.45) is -3.21. The first-order valence-electron chi connectivity index (χ1n) is 10.4. The summed E-state index contributed by atoms with van der Waals surface area (Å²) >= 11 is 0. The van der Waals surface area contributed by atoms with E-state index in [1.54, 1.807) is 27.0 Å². The van der Waals surface area contributed by atoms with Gasteiger partial charge in [0, 0.05) is 50.3 Å². The molecule has 1 aromatic heterocycles. The number of amides is 2. The lowest BCUT2D eigenvalue weighted by atomic mass is 9.83. The molecule has 1 spiro atoms. The van der Waals surface area contributed by atoms with E-state index in [9.17, 15) is 22.8 Å². The largest absolute Gasteiger partial charge is 0.471 e. The molecule has 0 aromatic carbocycles. The molecular formula is C21H29F3N4O3. The van der Waals surface area contributed by atoms with E-state index in [0.717, 1.165) is 16.3 Å². The molecule has 3 heterocycles. The number of carbonyl (C=O) groups excluding carboxylic acids is 2. The summed E-state index contributed by atoms with van der Waals surface area (Å²) < 4.78 is 45.4. The topological polar surface area (TPSA) is 66.0 Å². The van der Waals surface area contributed by atoms with Gasteiger partial charge in [-0.25, -0.2) is 4.79 Å². The summed E-state index contributed by atoms with van der Waals surface area (Å²) in [7, 11) is 0. The lowest BCUT2D eigenvalue weighted by molar-refractivity contribution is -0.196. The van der Waals surface area contributed by atoms with E-state index in [4.69, 9.17) is 4.74 Å². The first-order valence-corrected chi connectivity index (χ1v) is 10.4. The molecule has 0 aliphatic carbocycles. The second-order valence-corrected chi connectivity index (χ2v) is 9.22. The Morgan fingerprint density at radius 1 is 1.10 bits per heavy atom. The summed E-state index contributed by atoms with van der Waals surface area (Å²) in [4.78, 5) is 33.4. The Morgan fingerprint density at radius 3 is 2.29 bits per heavy atom. The van der Waals surface area contributed by atoms with Crippen LogP contribution >= 0.6 is 0 Å². The Kier molecular flexibility index (Phi) is 6.12. The van der Waals surface area contributed by atoms with Crippen molar-refractivity contribution in [2.45, 2.75) is 57.9 Å². The van der Waals surface area contributed by atoms with Crippen molar-refractivity contribution in [2.24, 2.45) is 0 Å². The molecule has 3 rings (SSSR count). The fraction of sp³-hybridized carbons (Fsp3) is 0.667. The minimum atomic E-state index is -4.96. The third-order valence-electron chi connectivity index (χ3n) is 5.73. The number of halogens is 3. The lowest BCUT2D eigenvalue weighted by Gasteiger charge is -2.54. The zero-order chi connectivity index (χ0) is 23.0. The molecule has 0 N–H and O–H groups in total. The van der Waals surface area contributed by atoms with Gasteiger partial charge >= 0.3 is 18.2 Å². The highest BCUT2D eigenvalue weighted by molar-refractivity contribution is 5.83. The van der Waals surface area contributed by atoms with Crippen molar-refractivity contribution in [3.8, 4) is 0 Å². The van der Waals surface area contributed by atoms with Crippen LogP contribution in [0.3, 0.4) is 0 Å². The van der Waals surface area contributed by atoms with E-state index in [1.807, 2.05) is 19.1 Å². The number of nitrogens with zero attached hydrogens (tertiary/aromatic N) is 4. The van der Waals surface area contributed by atoms with Crippen molar-refractivity contribution in [2.75, 3.05) is 37.6 Å². The molecule has 31 heavy (non-hydrogen) atoms. The molecule has 2 amide bonds. The van der Waals surface area contributed by atoms with Crippen LogP contribution in [-0.2, 0) is 9.53 Å². The fourth-order valence-corrected chi connectivity index (χ4v) is 4.27. The van der Waals surface area contributed by atoms with Gasteiger partial charge < -0.3 is 19.4 Å². The second-order valence-electron chi connectivity index (χ2n) is 9.22. The fourth-order valence-electron chi connectivity index (χ4n) is 4.27. The molecule has 2 saturated heterocycles. The van der Waals surface area contributed by atoms with Gasteiger partial charge in [-0.2, -0.15) is 13.2 Å². The SMILES string of the molecule is Cc1cc(N2CCC3(CC2)CN(C(=O)OC(C)(C)C)CCN3C(=O)C(F)(F)F)ccn1. The highest BCUT2D eigenvalue weighted by Crippen LogP contribution is 2.37. The Bertz CT molecular complexity index is 830. The second kappa shape index (κ2) is 8.20. The number of carbonyl (C=O) groups is 2. The number of alkyl halides is 3. The molecule has 2 fully saturated rings. The maximum Gasteiger partial charge on any atom is 0.471 e. The predicted molar refractivity (Wildman–Crippen MR) is 109 cm³/mol. The van der Waals surface area contributed by atoms with Crippen LogP contribution in [0.1, 0.15) is 39.3 Å². The van der Waals surface area contributed by atoms with Crippen LogP contribution in [0.15, 0.2) is 18.3 Å². The maximum atomic E-state index is 13.3. The summed E-state index contributed by atoms with van der Waals surface area (Å²) in [5.41, 5.74) is -0.0113. The van der Waals surface area contributed by atoms with Gasteiger partial charge in [-0.1, -0.05) is 0 Å². The number of piperidine rings is 1. The molecule has 0 atom stereocenters. The monoisotopic (exact) mass is 442 g/mol. The van der Waals surface area contributed by atoms with Gasteiger partial charge in [0.2, 0.25) is 0 Å². The van der Waals surface area contributed by atoms with Crippen LogP contribution in [0.2, 0.25) is 0 Å². The molecule has 2 aliphatic rings. The summed E-state index contributed by atoms with van der Waals surface area (Å²) in [5.74, 6) is -1.84. The van der Waals surface area contributed by atoms with Crippen LogP contribution in [-0.4, -0.2) is 76.8 Å². The van der Waals surface area contributed by atoms with Crippen molar-refractivity contribution in [3.05, 3.63) is 24.0 Å². The summed E-state index contributed by atoms with van der Waals surface area (Å²) in [6, 6.07) is 3.78. The number of pyridine rings is 1. The first-order chi connectivity index (χ1) is 14.3. The highest BCUT2D eigenvalue weighted by atomic mass is 19.4. The summed E-state index contributed by atoms with van der Waals surface area (Å²) in [5, 5.41) is 0. The van der Waals surface area contributed by atoms with Gasteiger partial charge in [0.25, 0.3) is 0 Å². The molecule has 0 radical (unpaired) electrons. The number of ether oxygens (including phenoxy) is 1. The van der Waals surface area contributed by atoms with E-state index in [1.165, 1.54) is 4.90 Å². The molecule has 10 heteroatoms.